The van der Waals surface area contributed by atoms with Crippen molar-refractivity contribution in [2.45, 2.75) is 31.5 Å². The van der Waals surface area contributed by atoms with Gasteiger partial charge in [-0.05, 0) is 18.9 Å². The molecule has 126 valence electrons. The van der Waals surface area contributed by atoms with Gasteiger partial charge in [-0.2, -0.15) is 5.26 Å². The summed E-state index contributed by atoms with van der Waals surface area (Å²) in [5.41, 5.74) is 1.60. The first-order valence-electron chi connectivity index (χ1n) is 7.54. The van der Waals surface area contributed by atoms with Gasteiger partial charge < -0.3 is 19.6 Å². The van der Waals surface area contributed by atoms with Crippen LogP contribution in [0.3, 0.4) is 0 Å². The number of thiazole rings is 1. The first-order chi connectivity index (χ1) is 11.6. The van der Waals surface area contributed by atoms with E-state index in [0.717, 1.165) is 16.3 Å². The van der Waals surface area contributed by atoms with Crippen LogP contribution in [0.5, 0.6) is 0 Å². The number of aliphatic hydroxyl groups is 1. The molecule has 1 aromatic rings. The van der Waals surface area contributed by atoms with E-state index in [1.54, 1.807) is 0 Å². The predicted octanol–water partition coefficient (Wildman–Crippen LogP) is 1.23. The van der Waals surface area contributed by atoms with E-state index in [1.807, 2.05) is 18.6 Å². The lowest BCUT2D eigenvalue weighted by Gasteiger charge is -2.19. The van der Waals surface area contributed by atoms with E-state index in [2.05, 4.69) is 4.98 Å². The number of amides is 1. The van der Waals surface area contributed by atoms with E-state index in [-0.39, 0.29) is 18.9 Å². The molecule has 2 unspecified atom stereocenters. The normalized spacial score (nSPS) is 20.4. The molecule has 0 aromatic carbocycles. The van der Waals surface area contributed by atoms with E-state index in [4.69, 9.17) is 14.7 Å². The number of carbonyl (C=O) groups is 1. The lowest BCUT2D eigenvalue weighted by molar-refractivity contribution is -0.392. The minimum Gasteiger partial charge on any atom is -0.637 e. The van der Waals surface area contributed by atoms with Gasteiger partial charge in [0.2, 0.25) is 0 Å². The molecule has 2 heterocycles. The van der Waals surface area contributed by atoms with E-state index in [1.165, 1.54) is 29.4 Å². The van der Waals surface area contributed by atoms with E-state index in [0.29, 0.717) is 17.8 Å². The molecule has 2 aliphatic rings. The molecule has 1 aromatic heterocycles. The highest BCUT2D eigenvalue weighted by atomic mass is 32.1. The van der Waals surface area contributed by atoms with Crippen molar-refractivity contribution < 1.29 is 24.0 Å². The summed E-state index contributed by atoms with van der Waals surface area (Å²) >= 11 is 1.37. The third kappa shape index (κ3) is 3.19. The zero-order valence-corrected chi connectivity index (χ0v) is 14.0. The Morgan fingerprint density at radius 1 is 1.71 bits per heavy atom. The number of carbonyl (C=O) groups excluding carboxylic acids is 1. The number of nitrogens with zero attached hydrogens (tertiary/aromatic N) is 3. The smallest absolute Gasteiger partial charge is 0.438 e. The molecule has 1 aliphatic heterocycles. The van der Waals surface area contributed by atoms with Crippen molar-refractivity contribution in [2.75, 3.05) is 13.7 Å². The highest BCUT2D eigenvalue weighted by Gasteiger charge is 2.39. The zero-order chi connectivity index (χ0) is 17.1. The van der Waals surface area contributed by atoms with E-state index in [9.17, 15) is 9.90 Å². The fraction of sp³-hybridized carbons (Fsp3) is 0.438. The molecule has 1 amide bonds. The zero-order valence-electron chi connectivity index (χ0n) is 13.1. The van der Waals surface area contributed by atoms with Crippen LogP contribution in [0, 0.1) is 17.8 Å². The van der Waals surface area contributed by atoms with Crippen LogP contribution in [0.1, 0.15) is 40.9 Å². The third-order valence-electron chi connectivity index (χ3n) is 3.79. The van der Waals surface area contributed by atoms with Gasteiger partial charge in [0.25, 0.3) is 6.10 Å². The topological polar surface area (TPSA) is 96.7 Å². The SMILES string of the molecule is COCC1OC=[N+](C2=Cc3[s+]c(C(O)CCC#N)[n-]c3[CH-]C2)C1=O. The molecule has 3 rings (SSSR count). The molecule has 7 nitrogen and oxygen atoms in total. The predicted molar refractivity (Wildman–Crippen MR) is 85.9 cm³/mol. The number of hydrogen-bond acceptors (Lipinski definition) is 5. The second-order valence-electron chi connectivity index (χ2n) is 5.45. The van der Waals surface area contributed by atoms with Crippen molar-refractivity contribution in [3.8, 4) is 6.07 Å². The summed E-state index contributed by atoms with van der Waals surface area (Å²) in [5, 5.41) is 19.3. The van der Waals surface area contributed by atoms with Gasteiger partial charge in [0.15, 0.2) is 5.70 Å². The highest BCUT2D eigenvalue weighted by Crippen LogP contribution is 2.33. The molecule has 8 heteroatoms. The standard InChI is InChI=1S/C16H17N3O4S/c1-22-8-13-16(21)19(9-23-13)10-4-5-11-14(7-10)24-15(18-11)12(20)3-2-6-17/h5,7,9,12-13,20H,2-4,8H2,1H3. The van der Waals surface area contributed by atoms with Gasteiger partial charge in [-0.3, -0.25) is 0 Å². The van der Waals surface area contributed by atoms with Gasteiger partial charge in [-0.25, -0.2) is 16.9 Å². The maximum absolute atomic E-state index is 12.3. The van der Waals surface area contributed by atoms with Gasteiger partial charge in [-0.1, -0.05) is 0 Å². The lowest BCUT2D eigenvalue weighted by Crippen LogP contribution is -2.29. The Morgan fingerprint density at radius 3 is 3.29 bits per heavy atom. The summed E-state index contributed by atoms with van der Waals surface area (Å²) in [4.78, 5) is 17.6. The quantitative estimate of drug-likeness (QED) is 0.472. The summed E-state index contributed by atoms with van der Waals surface area (Å²) in [6.07, 6.45) is 5.08. The van der Waals surface area contributed by atoms with Crippen molar-refractivity contribution in [1.82, 2.24) is 4.98 Å². The van der Waals surface area contributed by atoms with Crippen LogP contribution in [0.15, 0.2) is 5.70 Å². The van der Waals surface area contributed by atoms with Gasteiger partial charge in [0.05, 0.1) is 17.6 Å². The van der Waals surface area contributed by atoms with Crippen LogP contribution in [0.4, 0.5) is 0 Å². The summed E-state index contributed by atoms with van der Waals surface area (Å²) in [6, 6.07) is 2.02. The Morgan fingerprint density at radius 2 is 2.54 bits per heavy atom. The van der Waals surface area contributed by atoms with Crippen LogP contribution in [0.25, 0.3) is 6.08 Å². The second-order valence-corrected chi connectivity index (χ2v) is 6.51. The van der Waals surface area contributed by atoms with Crippen LogP contribution < -0.4 is 4.98 Å². The average molecular weight is 347 g/mol. The summed E-state index contributed by atoms with van der Waals surface area (Å²) < 4.78 is 11.8. The van der Waals surface area contributed by atoms with Crippen LogP contribution in [0.2, 0.25) is 0 Å². The average Bonchev–Trinajstić information content (AvgIpc) is 3.16. The Balaban J connectivity index is 1.77. The van der Waals surface area contributed by atoms with E-state index >= 15 is 0 Å². The number of fused-ring (bicyclic) bond motifs is 1. The molecule has 0 saturated heterocycles. The van der Waals surface area contributed by atoms with Gasteiger partial charge in [0, 0.05) is 13.5 Å². The summed E-state index contributed by atoms with van der Waals surface area (Å²) in [7, 11) is 1.52. The van der Waals surface area contributed by atoms with Gasteiger partial charge in [0.1, 0.15) is 22.4 Å². The van der Waals surface area contributed by atoms with Crippen molar-refractivity contribution in [3.63, 3.8) is 0 Å². The highest BCUT2D eigenvalue weighted by molar-refractivity contribution is 7.12. The molecular weight excluding hydrogens is 330 g/mol. The minimum absolute atomic E-state index is 0.154. The number of methoxy groups -OCH3 is 1. The van der Waals surface area contributed by atoms with Crippen LogP contribution >= 0.6 is 11.3 Å². The maximum atomic E-state index is 12.3. The van der Waals surface area contributed by atoms with Crippen molar-refractivity contribution in [2.24, 2.45) is 0 Å². The Bertz CT molecular complexity index is 747. The number of rotatable bonds is 6. The maximum Gasteiger partial charge on any atom is 0.438 e. The number of ether oxygens (including phenoxy) is 2. The number of allylic oxidation sites excluding steroid dienone is 1. The largest absolute Gasteiger partial charge is 0.637 e. The fourth-order valence-corrected chi connectivity index (χ4v) is 3.58. The molecule has 24 heavy (non-hydrogen) atoms. The first kappa shape index (κ1) is 16.6. The fourth-order valence-electron chi connectivity index (χ4n) is 2.53. The molecule has 0 fully saturated rings. The summed E-state index contributed by atoms with van der Waals surface area (Å²) in [5.74, 6) is -0.154. The molecule has 2 atom stereocenters. The first-order valence-corrected chi connectivity index (χ1v) is 8.36. The third-order valence-corrected chi connectivity index (χ3v) is 4.90. The van der Waals surface area contributed by atoms with E-state index < -0.39 is 12.2 Å². The molecule has 0 bridgehead atoms. The van der Waals surface area contributed by atoms with Crippen molar-refractivity contribution >= 4 is 29.7 Å². The molecule has 0 spiro atoms. The Hall–Kier alpha value is -2.21. The van der Waals surface area contributed by atoms with Crippen LogP contribution in [-0.4, -0.2) is 41.8 Å². The molecule has 0 saturated carbocycles. The van der Waals surface area contributed by atoms with Gasteiger partial charge >= 0.3 is 12.3 Å². The molecule has 0 radical (unpaired) electrons. The van der Waals surface area contributed by atoms with Crippen molar-refractivity contribution in [1.29, 1.82) is 5.26 Å². The number of nitriles is 1. The molecule has 1 aliphatic carbocycles. The number of aliphatic hydroxyl groups excluding tert-OH is 1. The Kier molecular flexibility index (Phi) is 4.94. The second kappa shape index (κ2) is 7.13. The summed E-state index contributed by atoms with van der Waals surface area (Å²) in [6.45, 7) is 0.212. The minimum atomic E-state index is -0.736. The molecular formula is C16H17N3O4S. The lowest BCUT2D eigenvalue weighted by atomic mass is 10.1. The van der Waals surface area contributed by atoms with Crippen molar-refractivity contribution in [3.05, 3.63) is 27.7 Å². The number of hydrogen-bond donors (Lipinski definition) is 1. The van der Waals surface area contributed by atoms with Gasteiger partial charge in [-0.15, -0.1) is 4.58 Å². The Labute approximate surface area is 143 Å². The molecule has 1 N–H and O–H groups in total. The number of aromatic nitrogens is 1. The monoisotopic (exact) mass is 347 g/mol. The van der Waals surface area contributed by atoms with Crippen LogP contribution in [-0.2, 0) is 14.3 Å².